The van der Waals surface area contributed by atoms with Crippen molar-refractivity contribution in [3.05, 3.63) is 35.4 Å². The van der Waals surface area contributed by atoms with Crippen LogP contribution in [0.2, 0.25) is 5.15 Å². The van der Waals surface area contributed by atoms with E-state index in [1.165, 1.54) is 6.33 Å². The van der Waals surface area contributed by atoms with Crippen molar-refractivity contribution in [2.75, 3.05) is 18.4 Å². The number of ether oxygens (including phenoxy) is 2. The maximum Gasteiger partial charge on any atom is 0.410 e. The van der Waals surface area contributed by atoms with Crippen LogP contribution in [0.25, 0.3) is 0 Å². The van der Waals surface area contributed by atoms with E-state index in [0.29, 0.717) is 48.5 Å². The van der Waals surface area contributed by atoms with E-state index in [2.05, 4.69) is 20.3 Å². The monoisotopic (exact) mass is 405 g/mol. The Hall–Kier alpha value is -2.61. The van der Waals surface area contributed by atoms with Crippen molar-refractivity contribution in [2.45, 2.75) is 45.8 Å². The van der Waals surface area contributed by atoms with Gasteiger partial charge in [-0.05, 0) is 32.9 Å². The number of halogens is 1. The summed E-state index contributed by atoms with van der Waals surface area (Å²) >= 11 is 6.15. The molecule has 0 aliphatic carbocycles. The first kappa shape index (κ1) is 20.1. The molecule has 1 aliphatic rings. The van der Waals surface area contributed by atoms with E-state index in [1.807, 2.05) is 32.9 Å². The molecular weight excluding hydrogens is 382 g/mol. The van der Waals surface area contributed by atoms with Gasteiger partial charge in [0.15, 0.2) is 5.15 Å². The summed E-state index contributed by atoms with van der Waals surface area (Å²) in [7, 11) is 0. The molecule has 9 heteroatoms. The molecule has 1 saturated heterocycles. The van der Waals surface area contributed by atoms with E-state index in [1.54, 1.807) is 11.0 Å². The molecule has 0 spiro atoms. The van der Waals surface area contributed by atoms with Crippen LogP contribution in [0.1, 0.15) is 32.4 Å². The SMILES string of the molecule is Cc1ccc(Nc2cc(OC3CCN(C(=O)OC(C)C)CC3)ncn2)c(Cl)n1. The summed E-state index contributed by atoms with van der Waals surface area (Å²) in [6, 6.07) is 5.43. The molecule has 8 nitrogen and oxygen atoms in total. The third kappa shape index (κ3) is 5.45. The van der Waals surface area contributed by atoms with Crippen molar-refractivity contribution < 1.29 is 14.3 Å². The van der Waals surface area contributed by atoms with Crippen LogP contribution in [0.3, 0.4) is 0 Å². The smallest absolute Gasteiger partial charge is 0.410 e. The third-order valence-electron chi connectivity index (χ3n) is 4.22. The Morgan fingerprint density at radius 1 is 1.29 bits per heavy atom. The number of hydrogen-bond donors (Lipinski definition) is 1. The van der Waals surface area contributed by atoms with Gasteiger partial charge in [0.2, 0.25) is 5.88 Å². The van der Waals surface area contributed by atoms with E-state index in [4.69, 9.17) is 21.1 Å². The number of carbonyl (C=O) groups is 1. The molecule has 0 aromatic carbocycles. The van der Waals surface area contributed by atoms with Gasteiger partial charge in [0.25, 0.3) is 0 Å². The van der Waals surface area contributed by atoms with Gasteiger partial charge in [0.05, 0.1) is 11.8 Å². The quantitative estimate of drug-likeness (QED) is 0.753. The maximum atomic E-state index is 12.0. The van der Waals surface area contributed by atoms with Crippen LogP contribution >= 0.6 is 11.6 Å². The van der Waals surface area contributed by atoms with Crippen molar-refractivity contribution in [2.24, 2.45) is 0 Å². The van der Waals surface area contributed by atoms with Crippen molar-refractivity contribution in [1.82, 2.24) is 19.9 Å². The number of aromatic nitrogens is 3. The van der Waals surface area contributed by atoms with Crippen LogP contribution in [-0.2, 0) is 4.74 Å². The van der Waals surface area contributed by atoms with Crippen LogP contribution in [0, 0.1) is 6.92 Å². The van der Waals surface area contributed by atoms with Gasteiger partial charge in [-0.25, -0.2) is 19.7 Å². The number of nitrogens with zero attached hydrogens (tertiary/aromatic N) is 4. The highest BCUT2D eigenvalue weighted by Crippen LogP contribution is 2.25. The Labute approximate surface area is 169 Å². The first-order valence-corrected chi connectivity index (χ1v) is 9.63. The molecule has 1 N–H and O–H groups in total. The Morgan fingerprint density at radius 2 is 2.04 bits per heavy atom. The van der Waals surface area contributed by atoms with Gasteiger partial charge < -0.3 is 19.7 Å². The topological polar surface area (TPSA) is 89.5 Å². The Bertz CT molecular complexity index is 825. The predicted octanol–water partition coefficient (Wildman–Crippen LogP) is 3.97. The Morgan fingerprint density at radius 3 is 2.71 bits per heavy atom. The molecule has 0 radical (unpaired) electrons. The molecule has 2 aromatic rings. The second-order valence-electron chi connectivity index (χ2n) is 6.89. The number of pyridine rings is 1. The normalized spacial score (nSPS) is 14.8. The number of aryl methyl sites for hydroxylation is 1. The molecule has 1 fully saturated rings. The maximum absolute atomic E-state index is 12.0. The predicted molar refractivity (Wildman–Crippen MR) is 106 cm³/mol. The molecule has 0 atom stereocenters. The summed E-state index contributed by atoms with van der Waals surface area (Å²) in [6.07, 6.45) is 2.45. The molecule has 28 heavy (non-hydrogen) atoms. The fraction of sp³-hybridized carbons (Fsp3) is 0.474. The lowest BCUT2D eigenvalue weighted by Crippen LogP contribution is -2.42. The number of amides is 1. The van der Waals surface area contributed by atoms with Crippen LogP contribution in [0.15, 0.2) is 24.5 Å². The van der Waals surface area contributed by atoms with Crippen molar-refractivity contribution in [3.8, 4) is 5.88 Å². The van der Waals surface area contributed by atoms with Gasteiger partial charge in [-0.3, -0.25) is 0 Å². The number of nitrogens with one attached hydrogen (secondary N) is 1. The summed E-state index contributed by atoms with van der Waals surface area (Å²) in [6.45, 7) is 6.75. The number of rotatable bonds is 5. The summed E-state index contributed by atoms with van der Waals surface area (Å²) < 4.78 is 11.2. The van der Waals surface area contributed by atoms with E-state index < -0.39 is 0 Å². The molecule has 3 rings (SSSR count). The lowest BCUT2D eigenvalue weighted by molar-refractivity contribution is 0.0507. The standard InChI is InChI=1S/C19H24ClN5O3/c1-12(2)27-19(26)25-8-6-14(7-9-25)28-17-10-16(21-11-22-17)24-15-5-4-13(3)23-18(15)20/h4-5,10-12,14H,6-9H2,1-3H3,(H,21,22,24). The van der Waals surface area contributed by atoms with Crippen molar-refractivity contribution >= 4 is 29.2 Å². The summed E-state index contributed by atoms with van der Waals surface area (Å²) in [5.41, 5.74) is 1.50. The average molecular weight is 406 g/mol. The van der Waals surface area contributed by atoms with Gasteiger partial charge in [-0.15, -0.1) is 0 Å². The molecule has 0 bridgehead atoms. The van der Waals surface area contributed by atoms with Gasteiger partial charge >= 0.3 is 6.09 Å². The molecule has 0 unspecified atom stereocenters. The third-order valence-corrected chi connectivity index (χ3v) is 4.50. The second kappa shape index (κ2) is 9.05. The second-order valence-corrected chi connectivity index (χ2v) is 7.25. The molecular formula is C19H24ClN5O3. The first-order chi connectivity index (χ1) is 13.4. The van der Waals surface area contributed by atoms with Crippen LogP contribution in [-0.4, -0.2) is 51.2 Å². The van der Waals surface area contributed by atoms with Crippen molar-refractivity contribution in [1.29, 1.82) is 0 Å². The van der Waals surface area contributed by atoms with E-state index in [-0.39, 0.29) is 18.3 Å². The molecule has 150 valence electrons. The number of hydrogen-bond acceptors (Lipinski definition) is 7. The number of piperidine rings is 1. The molecule has 3 heterocycles. The molecule has 2 aromatic heterocycles. The van der Waals surface area contributed by atoms with Gasteiger partial charge in [0.1, 0.15) is 18.2 Å². The lowest BCUT2D eigenvalue weighted by Gasteiger charge is -2.31. The highest BCUT2D eigenvalue weighted by molar-refractivity contribution is 6.32. The molecule has 0 saturated carbocycles. The fourth-order valence-corrected chi connectivity index (χ4v) is 3.08. The highest BCUT2D eigenvalue weighted by atomic mass is 35.5. The highest BCUT2D eigenvalue weighted by Gasteiger charge is 2.25. The molecule has 1 amide bonds. The van der Waals surface area contributed by atoms with E-state index >= 15 is 0 Å². The van der Waals surface area contributed by atoms with Crippen LogP contribution in [0.5, 0.6) is 5.88 Å². The zero-order valence-corrected chi connectivity index (χ0v) is 16.9. The number of anilines is 2. The minimum atomic E-state index is -0.273. The zero-order chi connectivity index (χ0) is 20.1. The first-order valence-electron chi connectivity index (χ1n) is 9.25. The molecule has 1 aliphatic heterocycles. The van der Waals surface area contributed by atoms with Crippen LogP contribution < -0.4 is 10.1 Å². The Kier molecular flexibility index (Phi) is 6.51. The summed E-state index contributed by atoms with van der Waals surface area (Å²) in [5, 5.41) is 3.50. The van der Waals surface area contributed by atoms with Gasteiger partial charge in [-0.1, -0.05) is 11.6 Å². The zero-order valence-electron chi connectivity index (χ0n) is 16.2. The van der Waals surface area contributed by atoms with Gasteiger partial charge in [-0.2, -0.15) is 0 Å². The van der Waals surface area contributed by atoms with E-state index in [0.717, 1.165) is 5.69 Å². The minimum Gasteiger partial charge on any atom is -0.474 e. The van der Waals surface area contributed by atoms with E-state index in [9.17, 15) is 4.79 Å². The summed E-state index contributed by atoms with van der Waals surface area (Å²) in [5.74, 6) is 1.03. The lowest BCUT2D eigenvalue weighted by atomic mass is 10.1. The Balaban J connectivity index is 1.56. The van der Waals surface area contributed by atoms with Crippen LogP contribution in [0.4, 0.5) is 16.3 Å². The summed E-state index contributed by atoms with van der Waals surface area (Å²) in [4.78, 5) is 26.3. The largest absolute Gasteiger partial charge is 0.474 e. The number of carbonyl (C=O) groups excluding carboxylic acids is 1. The fourth-order valence-electron chi connectivity index (χ4n) is 2.83. The van der Waals surface area contributed by atoms with Gasteiger partial charge in [0, 0.05) is 37.7 Å². The average Bonchev–Trinajstić information content (AvgIpc) is 2.64. The minimum absolute atomic E-state index is 0.0181. The van der Waals surface area contributed by atoms with Crippen molar-refractivity contribution in [3.63, 3.8) is 0 Å². The number of likely N-dealkylation sites (tertiary alicyclic amines) is 1.